The van der Waals surface area contributed by atoms with Gasteiger partial charge < -0.3 is 15.4 Å². The van der Waals surface area contributed by atoms with Crippen molar-refractivity contribution < 1.29 is 31.5 Å². The first-order valence-electron chi connectivity index (χ1n) is 16.1. The fourth-order valence-corrected chi connectivity index (χ4v) is 6.36. The van der Waals surface area contributed by atoms with Gasteiger partial charge in [-0.25, -0.2) is 13.6 Å². The summed E-state index contributed by atoms with van der Waals surface area (Å²) in [6.07, 6.45) is -2.62. The SMILES string of the molecule is Cc1c(-c2cccc(OC3CCN(C(=O)C4CC4)CC3)c2F)c(=O)n(CC(N)c2ccccc2)c(=O)n1Cc1c(F)cccc1C(F)(F)F. The summed E-state index contributed by atoms with van der Waals surface area (Å²) in [5, 5.41) is 0. The quantitative estimate of drug-likeness (QED) is 0.225. The van der Waals surface area contributed by atoms with Gasteiger partial charge in [0.2, 0.25) is 5.91 Å². The summed E-state index contributed by atoms with van der Waals surface area (Å²) >= 11 is 0. The third-order valence-electron chi connectivity index (χ3n) is 9.24. The Balaban J connectivity index is 1.41. The largest absolute Gasteiger partial charge is 0.487 e. The highest BCUT2D eigenvalue weighted by Gasteiger charge is 2.36. The van der Waals surface area contributed by atoms with Crippen molar-refractivity contribution >= 4 is 5.91 Å². The van der Waals surface area contributed by atoms with Crippen LogP contribution in [0.2, 0.25) is 0 Å². The molecule has 2 N–H and O–H groups in total. The highest BCUT2D eigenvalue weighted by Crippen LogP contribution is 2.35. The highest BCUT2D eigenvalue weighted by atomic mass is 19.4. The van der Waals surface area contributed by atoms with Gasteiger partial charge in [0.15, 0.2) is 11.6 Å². The number of hydrogen-bond acceptors (Lipinski definition) is 5. The second-order valence-electron chi connectivity index (χ2n) is 12.6. The highest BCUT2D eigenvalue weighted by molar-refractivity contribution is 5.81. The molecular weight excluding hydrogens is 647 g/mol. The van der Waals surface area contributed by atoms with Crippen LogP contribution in [0.25, 0.3) is 11.1 Å². The second-order valence-corrected chi connectivity index (χ2v) is 12.6. The summed E-state index contributed by atoms with van der Waals surface area (Å²) in [6.45, 7) is 0.943. The van der Waals surface area contributed by atoms with Gasteiger partial charge in [0.1, 0.15) is 11.9 Å². The fraction of sp³-hybridized carbons (Fsp3) is 0.361. The number of aromatic nitrogens is 2. The number of amides is 1. The Bertz CT molecular complexity index is 1980. The summed E-state index contributed by atoms with van der Waals surface area (Å²) in [5.74, 6) is -2.07. The van der Waals surface area contributed by atoms with Crippen molar-refractivity contribution in [3.63, 3.8) is 0 Å². The maximum absolute atomic E-state index is 16.3. The molecule has 1 saturated heterocycles. The van der Waals surface area contributed by atoms with Crippen LogP contribution in [0.1, 0.15) is 54.1 Å². The van der Waals surface area contributed by atoms with E-state index in [2.05, 4.69) is 0 Å². The van der Waals surface area contributed by atoms with Gasteiger partial charge in [0.25, 0.3) is 5.56 Å². The number of benzene rings is 3. The van der Waals surface area contributed by atoms with Crippen LogP contribution in [-0.2, 0) is 24.1 Å². The van der Waals surface area contributed by atoms with Crippen LogP contribution >= 0.6 is 0 Å². The standard InChI is InChI=1S/C36H35F5N4O4/c1-21-31(25-9-5-12-30(32(25)38)49-24-15-17-43(18-16-24)33(46)23-13-14-23)34(47)45(20-29(42)22-7-3-2-4-8-22)35(48)44(21)19-26-27(36(39,40)41)10-6-11-28(26)37/h2-12,23-24,29H,13-20,42H2,1H3. The number of halogens is 5. The van der Waals surface area contributed by atoms with E-state index in [-0.39, 0.29) is 34.4 Å². The van der Waals surface area contributed by atoms with Gasteiger partial charge in [-0.05, 0) is 43.5 Å². The number of hydrogen-bond donors (Lipinski definition) is 1. The molecule has 0 spiro atoms. The lowest BCUT2D eigenvalue weighted by molar-refractivity contribution is -0.138. The zero-order chi connectivity index (χ0) is 35.0. The summed E-state index contributed by atoms with van der Waals surface area (Å²) in [5.41, 5.74) is 2.17. The van der Waals surface area contributed by atoms with Crippen molar-refractivity contribution in [1.82, 2.24) is 14.0 Å². The van der Waals surface area contributed by atoms with Gasteiger partial charge in [-0.2, -0.15) is 13.2 Å². The van der Waals surface area contributed by atoms with Gasteiger partial charge in [0, 0.05) is 54.7 Å². The third-order valence-corrected chi connectivity index (χ3v) is 9.24. The lowest BCUT2D eigenvalue weighted by Gasteiger charge is -2.32. The minimum Gasteiger partial charge on any atom is -0.487 e. The van der Waals surface area contributed by atoms with Crippen LogP contribution < -0.4 is 21.7 Å². The van der Waals surface area contributed by atoms with Crippen molar-refractivity contribution in [2.24, 2.45) is 11.7 Å². The Morgan fingerprint density at radius 3 is 2.24 bits per heavy atom. The normalized spacial score (nSPS) is 16.1. The van der Waals surface area contributed by atoms with Gasteiger partial charge in [-0.15, -0.1) is 0 Å². The minimum atomic E-state index is -4.94. The smallest absolute Gasteiger partial charge is 0.416 e. The van der Waals surface area contributed by atoms with E-state index in [0.717, 1.165) is 34.1 Å². The number of ether oxygens (including phenoxy) is 1. The number of likely N-dealkylation sites (tertiary alicyclic amines) is 1. The van der Waals surface area contributed by atoms with E-state index in [1.807, 2.05) is 0 Å². The lowest BCUT2D eigenvalue weighted by Crippen LogP contribution is -2.44. The van der Waals surface area contributed by atoms with Crippen molar-refractivity contribution in [3.05, 3.63) is 122 Å². The van der Waals surface area contributed by atoms with E-state index in [9.17, 15) is 27.6 Å². The van der Waals surface area contributed by atoms with Crippen LogP contribution in [0.3, 0.4) is 0 Å². The second kappa shape index (κ2) is 13.6. The Labute approximate surface area is 278 Å². The zero-order valence-corrected chi connectivity index (χ0v) is 26.7. The molecule has 2 heterocycles. The third kappa shape index (κ3) is 7.03. The molecule has 49 heavy (non-hydrogen) atoms. The number of carbonyl (C=O) groups excluding carboxylic acids is 1. The topological polar surface area (TPSA) is 99.6 Å². The van der Waals surface area contributed by atoms with Crippen LogP contribution in [0, 0.1) is 24.5 Å². The van der Waals surface area contributed by atoms with E-state index in [1.165, 1.54) is 25.1 Å². The van der Waals surface area contributed by atoms with Crippen molar-refractivity contribution in [1.29, 1.82) is 0 Å². The van der Waals surface area contributed by atoms with Gasteiger partial charge >= 0.3 is 11.9 Å². The molecule has 1 aliphatic heterocycles. The number of nitrogens with two attached hydrogens (primary N) is 1. The van der Waals surface area contributed by atoms with E-state index < -0.39 is 65.4 Å². The predicted molar refractivity (Wildman–Crippen MR) is 172 cm³/mol. The summed E-state index contributed by atoms with van der Waals surface area (Å²) in [6, 6.07) is 14.3. The van der Waals surface area contributed by atoms with Crippen LogP contribution in [0.4, 0.5) is 22.0 Å². The first kappa shape index (κ1) is 34.1. The molecule has 4 aromatic rings. The van der Waals surface area contributed by atoms with Gasteiger partial charge in [0.05, 0.1) is 24.2 Å². The molecule has 3 aromatic carbocycles. The maximum Gasteiger partial charge on any atom is 0.416 e. The average Bonchev–Trinajstić information content (AvgIpc) is 3.93. The molecule has 258 valence electrons. The molecular formula is C36H35F5N4O4. The van der Waals surface area contributed by atoms with E-state index >= 15 is 8.78 Å². The molecule has 0 radical (unpaired) electrons. The minimum absolute atomic E-state index is 0.0860. The van der Waals surface area contributed by atoms with Crippen LogP contribution in [0.15, 0.2) is 76.3 Å². The molecule has 2 fully saturated rings. The molecule has 1 unspecified atom stereocenters. The molecule has 2 aliphatic rings. The first-order chi connectivity index (χ1) is 23.3. The van der Waals surface area contributed by atoms with Gasteiger partial charge in [-0.1, -0.05) is 48.5 Å². The molecule has 1 amide bonds. The lowest BCUT2D eigenvalue weighted by atomic mass is 10.0. The average molecular weight is 683 g/mol. The van der Waals surface area contributed by atoms with E-state index in [0.29, 0.717) is 37.6 Å². The number of carbonyl (C=O) groups is 1. The Hall–Kier alpha value is -4.78. The Morgan fingerprint density at radius 1 is 0.918 bits per heavy atom. The maximum atomic E-state index is 16.3. The molecule has 8 nitrogen and oxygen atoms in total. The number of nitrogens with zero attached hydrogens (tertiary/aromatic N) is 3. The number of rotatable bonds is 9. The number of alkyl halides is 3. The predicted octanol–water partition coefficient (Wildman–Crippen LogP) is 5.81. The van der Waals surface area contributed by atoms with E-state index in [4.69, 9.17) is 10.5 Å². The molecule has 13 heteroatoms. The first-order valence-corrected chi connectivity index (χ1v) is 16.1. The molecule has 1 saturated carbocycles. The summed E-state index contributed by atoms with van der Waals surface area (Å²) in [4.78, 5) is 42.2. The van der Waals surface area contributed by atoms with Crippen molar-refractivity contribution in [2.45, 2.75) is 64.0 Å². The molecule has 1 atom stereocenters. The number of piperidine rings is 1. The van der Waals surface area contributed by atoms with Gasteiger partial charge in [-0.3, -0.25) is 18.7 Å². The van der Waals surface area contributed by atoms with Crippen molar-refractivity contribution in [2.75, 3.05) is 13.1 Å². The molecule has 6 rings (SSSR count). The molecule has 0 bridgehead atoms. The molecule has 1 aliphatic carbocycles. The summed E-state index contributed by atoms with van der Waals surface area (Å²) < 4.78 is 80.8. The summed E-state index contributed by atoms with van der Waals surface area (Å²) in [7, 11) is 0. The van der Waals surface area contributed by atoms with Crippen molar-refractivity contribution in [3.8, 4) is 16.9 Å². The Kier molecular flexibility index (Phi) is 9.47. The molecule has 1 aromatic heterocycles. The fourth-order valence-electron chi connectivity index (χ4n) is 6.36. The van der Waals surface area contributed by atoms with Crippen LogP contribution in [-0.4, -0.2) is 39.1 Å². The monoisotopic (exact) mass is 682 g/mol. The Morgan fingerprint density at radius 2 is 1.59 bits per heavy atom. The van der Waals surface area contributed by atoms with Crippen LogP contribution in [0.5, 0.6) is 5.75 Å². The zero-order valence-electron chi connectivity index (χ0n) is 26.7. The van der Waals surface area contributed by atoms with E-state index in [1.54, 1.807) is 35.2 Å².